The van der Waals surface area contributed by atoms with Crippen LogP contribution in [0.15, 0.2) is 69.7 Å². The van der Waals surface area contributed by atoms with Crippen molar-refractivity contribution in [3.8, 4) is 0 Å². The van der Waals surface area contributed by atoms with Gasteiger partial charge >= 0.3 is 0 Å². The summed E-state index contributed by atoms with van der Waals surface area (Å²) in [7, 11) is -2.17. The lowest BCUT2D eigenvalue weighted by Crippen LogP contribution is -2.25. The molecule has 0 saturated heterocycles. The Bertz CT molecular complexity index is 811. The molecule has 0 spiro atoms. The third kappa shape index (κ3) is 4.26. The second-order valence-corrected chi connectivity index (χ2v) is 7.11. The molecular weight excluding hydrogens is 310 g/mol. The van der Waals surface area contributed by atoms with Gasteiger partial charge in [0.15, 0.2) is 0 Å². The molecule has 23 heavy (non-hydrogen) atoms. The molecule has 0 heterocycles. The normalized spacial score (nSPS) is 12.6. The molecule has 0 aliphatic heterocycles. The molecule has 0 aliphatic rings. The van der Waals surface area contributed by atoms with Crippen LogP contribution in [0, 0.1) is 6.92 Å². The molecule has 6 heteroatoms. The third-order valence-corrected chi connectivity index (χ3v) is 5.03. The van der Waals surface area contributed by atoms with Crippen molar-refractivity contribution in [2.24, 2.45) is 10.2 Å². The largest absolute Gasteiger partial charge is 0.264 e. The average Bonchev–Trinajstić information content (AvgIpc) is 2.55. The van der Waals surface area contributed by atoms with Gasteiger partial charge in [-0.15, -0.1) is 5.10 Å². The van der Waals surface area contributed by atoms with E-state index in [2.05, 4.69) is 10.2 Å². The van der Waals surface area contributed by atoms with Crippen LogP contribution in [0.25, 0.3) is 0 Å². The Kier molecular flexibility index (Phi) is 5.28. The van der Waals surface area contributed by atoms with Crippen LogP contribution in [0.5, 0.6) is 0 Å². The van der Waals surface area contributed by atoms with Gasteiger partial charge in [0.1, 0.15) is 6.34 Å². The van der Waals surface area contributed by atoms with Gasteiger partial charge in [-0.25, -0.2) is 8.42 Å². The maximum atomic E-state index is 12.4. The SMILES string of the molecule is C/C(=N/N=C\N(C)S(=O)(=O)c1ccc(C)cc1)c1ccccc1. The van der Waals surface area contributed by atoms with Gasteiger partial charge in [0.2, 0.25) is 0 Å². The maximum absolute atomic E-state index is 12.4. The molecule has 120 valence electrons. The van der Waals surface area contributed by atoms with Crippen molar-refractivity contribution in [2.45, 2.75) is 18.7 Å². The first-order valence-electron chi connectivity index (χ1n) is 7.09. The lowest BCUT2D eigenvalue weighted by atomic mass is 10.1. The first-order valence-corrected chi connectivity index (χ1v) is 8.53. The monoisotopic (exact) mass is 329 g/mol. The Balaban J connectivity index is 2.14. The van der Waals surface area contributed by atoms with Crippen LogP contribution in [-0.4, -0.2) is 31.8 Å². The van der Waals surface area contributed by atoms with Gasteiger partial charge in [-0.1, -0.05) is 48.0 Å². The summed E-state index contributed by atoms with van der Waals surface area (Å²) in [6.45, 7) is 3.73. The molecule has 0 aliphatic carbocycles. The van der Waals surface area contributed by atoms with Crippen LogP contribution < -0.4 is 0 Å². The first-order chi connectivity index (χ1) is 10.9. The van der Waals surface area contributed by atoms with E-state index >= 15 is 0 Å². The van der Waals surface area contributed by atoms with Crippen LogP contribution in [0.4, 0.5) is 0 Å². The minimum absolute atomic E-state index is 0.223. The van der Waals surface area contributed by atoms with Crippen molar-refractivity contribution in [3.05, 3.63) is 65.7 Å². The molecule has 0 saturated carbocycles. The zero-order valence-corrected chi connectivity index (χ0v) is 14.2. The molecule has 0 unspecified atom stereocenters. The Labute approximate surface area is 137 Å². The zero-order chi connectivity index (χ0) is 16.9. The highest BCUT2D eigenvalue weighted by atomic mass is 32.2. The van der Waals surface area contributed by atoms with E-state index in [9.17, 15) is 8.42 Å². The minimum atomic E-state index is -3.60. The van der Waals surface area contributed by atoms with Gasteiger partial charge in [-0.3, -0.25) is 4.31 Å². The summed E-state index contributed by atoms with van der Waals surface area (Å²) >= 11 is 0. The molecule has 0 bridgehead atoms. The van der Waals surface area contributed by atoms with E-state index < -0.39 is 10.0 Å². The third-order valence-electron chi connectivity index (χ3n) is 3.31. The molecule has 5 nitrogen and oxygen atoms in total. The molecular formula is C17H19N3O2S. The first kappa shape index (κ1) is 16.9. The van der Waals surface area contributed by atoms with E-state index in [1.807, 2.05) is 44.2 Å². The highest BCUT2D eigenvalue weighted by Gasteiger charge is 2.17. The zero-order valence-electron chi connectivity index (χ0n) is 13.3. The van der Waals surface area contributed by atoms with Crippen LogP contribution >= 0.6 is 0 Å². The molecule has 0 amide bonds. The topological polar surface area (TPSA) is 62.1 Å². The number of aryl methyl sites for hydroxylation is 1. The summed E-state index contributed by atoms with van der Waals surface area (Å²) in [6, 6.07) is 16.2. The van der Waals surface area contributed by atoms with E-state index in [-0.39, 0.29) is 4.90 Å². The Morgan fingerprint density at radius 2 is 1.65 bits per heavy atom. The van der Waals surface area contributed by atoms with Gasteiger partial charge in [0.25, 0.3) is 10.0 Å². The Hall–Kier alpha value is -2.47. The van der Waals surface area contributed by atoms with Gasteiger partial charge < -0.3 is 0 Å². The standard InChI is InChI=1S/C17H19N3O2S/c1-14-9-11-17(12-10-14)23(21,22)20(3)13-18-19-15(2)16-7-5-4-6-8-16/h4-13H,1-3H3/b18-13-,19-15-. The highest BCUT2D eigenvalue weighted by molar-refractivity contribution is 7.89. The fraction of sp³-hybridized carbons (Fsp3) is 0.176. The summed E-state index contributed by atoms with van der Waals surface area (Å²) in [5.41, 5.74) is 2.65. The van der Waals surface area contributed by atoms with Crippen molar-refractivity contribution in [3.63, 3.8) is 0 Å². The van der Waals surface area contributed by atoms with Crippen molar-refractivity contribution < 1.29 is 8.42 Å². The van der Waals surface area contributed by atoms with Gasteiger partial charge in [0, 0.05) is 7.05 Å². The molecule has 2 aromatic rings. The fourth-order valence-corrected chi connectivity index (χ4v) is 2.84. The number of nitrogens with zero attached hydrogens (tertiary/aromatic N) is 3. The molecule has 0 aromatic heterocycles. The number of hydrogen-bond acceptors (Lipinski definition) is 4. The maximum Gasteiger partial charge on any atom is 0.264 e. The summed E-state index contributed by atoms with van der Waals surface area (Å²) in [6.07, 6.45) is 1.20. The van der Waals surface area contributed by atoms with E-state index in [1.165, 1.54) is 13.4 Å². The molecule has 0 N–H and O–H groups in total. The smallest absolute Gasteiger partial charge is 0.257 e. The molecule has 0 fully saturated rings. The number of rotatable bonds is 5. The summed E-state index contributed by atoms with van der Waals surface area (Å²) < 4.78 is 25.8. The lowest BCUT2D eigenvalue weighted by molar-refractivity contribution is 0.555. The molecule has 0 radical (unpaired) electrons. The summed E-state index contributed by atoms with van der Waals surface area (Å²) in [4.78, 5) is 0.223. The number of benzene rings is 2. The van der Waals surface area contributed by atoms with Gasteiger partial charge in [-0.05, 0) is 31.5 Å². The van der Waals surface area contributed by atoms with E-state index in [1.54, 1.807) is 24.3 Å². The van der Waals surface area contributed by atoms with Crippen LogP contribution in [0.2, 0.25) is 0 Å². The van der Waals surface area contributed by atoms with Gasteiger partial charge in [0.05, 0.1) is 10.6 Å². The van der Waals surface area contributed by atoms with Gasteiger partial charge in [-0.2, -0.15) is 5.10 Å². The van der Waals surface area contributed by atoms with Crippen molar-refractivity contribution in [1.82, 2.24) is 4.31 Å². The van der Waals surface area contributed by atoms with Crippen LogP contribution in [0.1, 0.15) is 18.1 Å². The minimum Gasteiger partial charge on any atom is -0.257 e. The number of hydrogen-bond donors (Lipinski definition) is 0. The summed E-state index contributed by atoms with van der Waals surface area (Å²) in [5.74, 6) is 0. The molecule has 2 rings (SSSR count). The second-order valence-electron chi connectivity index (χ2n) is 5.12. The molecule has 2 aromatic carbocycles. The molecule has 0 atom stereocenters. The summed E-state index contributed by atoms with van der Waals surface area (Å²) in [5, 5.41) is 7.90. The predicted molar refractivity (Wildman–Crippen MR) is 93.3 cm³/mol. The van der Waals surface area contributed by atoms with Crippen LogP contribution in [-0.2, 0) is 10.0 Å². The van der Waals surface area contributed by atoms with Crippen molar-refractivity contribution in [1.29, 1.82) is 0 Å². The Morgan fingerprint density at radius 1 is 1.04 bits per heavy atom. The average molecular weight is 329 g/mol. The van der Waals surface area contributed by atoms with Crippen LogP contribution in [0.3, 0.4) is 0 Å². The predicted octanol–water partition coefficient (Wildman–Crippen LogP) is 3.07. The van der Waals surface area contributed by atoms with E-state index in [0.29, 0.717) is 5.71 Å². The highest BCUT2D eigenvalue weighted by Crippen LogP contribution is 2.13. The lowest BCUT2D eigenvalue weighted by Gasteiger charge is -2.13. The van der Waals surface area contributed by atoms with Crippen molar-refractivity contribution in [2.75, 3.05) is 7.05 Å². The number of sulfonamides is 1. The quantitative estimate of drug-likeness (QED) is 0.481. The van der Waals surface area contributed by atoms with Crippen molar-refractivity contribution >= 4 is 22.1 Å². The fourth-order valence-electron chi connectivity index (χ4n) is 1.86. The Morgan fingerprint density at radius 3 is 2.26 bits per heavy atom. The van der Waals surface area contributed by atoms with E-state index in [0.717, 1.165) is 15.4 Å². The second kappa shape index (κ2) is 7.19. The van der Waals surface area contributed by atoms with E-state index in [4.69, 9.17) is 0 Å².